The molecule has 0 bridgehead atoms. The van der Waals surface area contributed by atoms with E-state index in [4.69, 9.17) is 0 Å². The zero-order chi connectivity index (χ0) is 16.5. The minimum Gasteiger partial charge on any atom is -0.351 e. The largest absolute Gasteiger partial charge is 0.351 e. The summed E-state index contributed by atoms with van der Waals surface area (Å²) in [6.45, 7) is 3.64. The molecule has 1 aliphatic heterocycles. The Hall–Kier alpha value is -2.56. The highest BCUT2D eigenvalue weighted by molar-refractivity contribution is 5.98. The van der Waals surface area contributed by atoms with Crippen molar-refractivity contribution in [1.29, 1.82) is 0 Å². The van der Waals surface area contributed by atoms with Crippen LogP contribution >= 0.6 is 0 Å². The molecule has 24 heavy (non-hydrogen) atoms. The van der Waals surface area contributed by atoms with Crippen LogP contribution in [-0.2, 0) is 6.54 Å². The van der Waals surface area contributed by atoms with Crippen molar-refractivity contribution in [2.45, 2.75) is 38.8 Å². The van der Waals surface area contributed by atoms with Crippen LogP contribution in [0.1, 0.15) is 35.3 Å². The van der Waals surface area contributed by atoms with Crippen molar-refractivity contribution in [3.63, 3.8) is 0 Å². The number of aryl methyl sites for hydroxylation is 1. The zero-order valence-corrected chi connectivity index (χ0v) is 13.9. The number of fused-ring (bicyclic) bond motifs is 1. The topological polar surface area (TPSA) is 53.9 Å². The SMILES string of the molecule is Cc1ccc2cc(C(=O)N3CCCC[C@H]3Cn3cccn3)[nH]c2c1. The molecular weight excluding hydrogens is 300 g/mol. The molecular formula is C19H22N4O. The van der Waals surface area contributed by atoms with Crippen LogP contribution in [0.2, 0.25) is 0 Å². The van der Waals surface area contributed by atoms with Crippen LogP contribution in [-0.4, -0.2) is 38.2 Å². The van der Waals surface area contributed by atoms with Gasteiger partial charge < -0.3 is 9.88 Å². The third-order valence-electron chi connectivity index (χ3n) is 4.85. The molecule has 1 atom stereocenters. The molecule has 0 radical (unpaired) electrons. The maximum Gasteiger partial charge on any atom is 0.270 e. The molecule has 1 fully saturated rings. The van der Waals surface area contributed by atoms with E-state index >= 15 is 0 Å². The Labute approximate surface area is 141 Å². The van der Waals surface area contributed by atoms with Gasteiger partial charge in [0.1, 0.15) is 5.69 Å². The molecule has 1 amide bonds. The number of piperidine rings is 1. The molecule has 1 aromatic carbocycles. The van der Waals surface area contributed by atoms with Gasteiger partial charge in [0.2, 0.25) is 0 Å². The van der Waals surface area contributed by atoms with Gasteiger partial charge >= 0.3 is 0 Å². The second-order valence-electron chi connectivity index (χ2n) is 6.65. The number of hydrogen-bond acceptors (Lipinski definition) is 2. The molecule has 5 nitrogen and oxygen atoms in total. The third-order valence-corrected chi connectivity index (χ3v) is 4.85. The van der Waals surface area contributed by atoms with Gasteiger partial charge in [-0.15, -0.1) is 0 Å². The van der Waals surface area contributed by atoms with Gasteiger partial charge in [0.05, 0.1) is 12.6 Å². The van der Waals surface area contributed by atoms with Crippen molar-refractivity contribution >= 4 is 16.8 Å². The summed E-state index contributed by atoms with van der Waals surface area (Å²) in [5, 5.41) is 5.38. The normalized spacial score (nSPS) is 18.2. The van der Waals surface area contributed by atoms with Crippen molar-refractivity contribution in [2.24, 2.45) is 0 Å². The van der Waals surface area contributed by atoms with E-state index in [1.807, 2.05) is 27.9 Å². The number of likely N-dealkylation sites (tertiary alicyclic amines) is 1. The number of aromatic nitrogens is 3. The van der Waals surface area contributed by atoms with Gasteiger partial charge in [-0.3, -0.25) is 9.48 Å². The third kappa shape index (κ3) is 2.82. The molecule has 0 spiro atoms. The lowest BCUT2D eigenvalue weighted by atomic mass is 10.0. The quantitative estimate of drug-likeness (QED) is 0.804. The number of carbonyl (C=O) groups is 1. The highest BCUT2D eigenvalue weighted by Gasteiger charge is 2.28. The van der Waals surface area contributed by atoms with Crippen molar-refractivity contribution in [3.05, 3.63) is 54.0 Å². The number of aromatic amines is 1. The molecule has 0 aliphatic carbocycles. The van der Waals surface area contributed by atoms with Gasteiger partial charge in [-0.2, -0.15) is 5.10 Å². The van der Waals surface area contributed by atoms with E-state index in [1.165, 1.54) is 12.0 Å². The monoisotopic (exact) mass is 322 g/mol. The van der Waals surface area contributed by atoms with E-state index < -0.39 is 0 Å². The summed E-state index contributed by atoms with van der Waals surface area (Å²) in [6, 6.07) is 10.3. The van der Waals surface area contributed by atoms with Gasteiger partial charge in [-0.1, -0.05) is 12.1 Å². The van der Waals surface area contributed by atoms with E-state index in [0.29, 0.717) is 5.69 Å². The Morgan fingerprint density at radius 1 is 1.33 bits per heavy atom. The molecule has 124 valence electrons. The van der Waals surface area contributed by atoms with Crippen LogP contribution in [0.4, 0.5) is 0 Å². The average molecular weight is 322 g/mol. The minimum atomic E-state index is 0.0979. The molecule has 3 aromatic rings. The van der Waals surface area contributed by atoms with Gasteiger partial charge in [-0.05, 0) is 49.9 Å². The minimum absolute atomic E-state index is 0.0979. The molecule has 5 heteroatoms. The number of rotatable bonds is 3. The first kappa shape index (κ1) is 15.0. The van der Waals surface area contributed by atoms with Crippen LogP contribution in [0, 0.1) is 6.92 Å². The van der Waals surface area contributed by atoms with Crippen LogP contribution < -0.4 is 0 Å². The number of nitrogens with zero attached hydrogens (tertiary/aromatic N) is 3. The first-order valence-electron chi connectivity index (χ1n) is 8.58. The predicted molar refractivity (Wildman–Crippen MR) is 93.9 cm³/mol. The van der Waals surface area contributed by atoms with Crippen LogP contribution in [0.25, 0.3) is 10.9 Å². The van der Waals surface area contributed by atoms with Gasteiger partial charge in [-0.25, -0.2) is 0 Å². The Morgan fingerprint density at radius 2 is 2.25 bits per heavy atom. The van der Waals surface area contributed by atoms with Gasteiger partial charge in [0, 0.05) is 29.8 Å². The first-order chi connectivity index (χ1) is 11.7. The highest BCUT2D eigenvalue weighted by Crippen LogP contribution is 2.23. The molecule has 0 unspecified atom stereocenters. The molecule has 1 aliphatic rings. The number of nitrogens with one attached hydrogen (secondary N) is 1. The summed E-state index contributed by atoms with van der Waals surface area (Å²) in [4.78, 5) is 18.4. The molecule has 0 saturated carbocycles. The number of amides is 1. The fraction of sp³-hybridized carbons (Fsp3) is 0.368. The van der Waals surface area contributed by atoms with Crippen LogP contribution in [0.5, 0.6) is 0 Å². The van der Waals surface area contributed by atoms with Crippen molar-refractivity contribution in [3.8, 4) is 0 Å². The van der Waals surface area contributed by atoms with E-state index in [-0.39, 0.29) is 11.9 Å². The zero-order valence-electron chi connectivity index (χ0n) is 13.9. The van der Waals surface area contributed by atoms with Crippen LogP contribution in [0.15, 0.2) is 42.7 Å². The fourth-order valence-electron chi connectivity index (χ4n) is 3.59. The lowest BCUT2D eigenvalue weighted by Gasteiger charge is -2.35. The summed E-state index contributed by atoms with van der Waals surface area (Å²) < 4.78 is 1.92. The standard InChI is InChI=1S/C19H22N4O/c1-14-6-7-15-12-18(21-17(15)11-14)19(24)23-10-3-2-5-16(23)13-22-9-4-8-20-22/h4,6-9,11-12,16,21H,2-3,5,10,13H2,1H3/t16-/m0/s1. The highest BCUT2D eigenvalue weighted by atomic mass is 16.2. The molecule has 3 heterocycles. The van der Waals surface area contributed by atoms with Crippen molar-refractivity contribution in [1.82, 2.24) is 19.7 Å². The number of hydrogen-bond donors (Lipinski definition) is 1. The number of benzene rings is 1. The second-order valence-corrected chi connectivity index (χ2v) is 6.65. The Morgan fingerprint density at radius 3 is 3.08 bits per heavy atom. The number of H-pyrrole nitrogens is 1. The molecule has 1 saturated heterocycles. The van der Waals surface area contributed by atoms with Gasteiger partial charge in [0.15, 0.2) is 0 Å². The number of carbonyl (C=O) groups excluding carboxylic acids is 1. The lowest BCUT2D eigenvalue weighted by molar-refractivity contribution is 0.0579. The van der Waals surface area contributed by atoms with Crippen LogP contribution in [0.3, 0.4) is 0 Å². The lowest BCUT2D eigenvalue weighted by Crippen LogP contribution is -2.46. The summed E-state index contributed by atoms with van der Waals surface area (Å²) >= 11 is 0. The Balaban J connectivity index is 1.60. The molecule has 2 aromatic heterocycles. The summed E-state index contributed by atoms with van der Waals surface area (Å²) in [7, 11) is 0. The van der Waals surface area contributed by atoms with E-state index in [9.17, 15) is 4.79 Å². The maximum absolute atomic E-state index is 13.1. The second kappa shape index (κ2) is 6.15. The fourth-order valence-corrected chi connectivity index (χ4v) is 3.59. The average Bonchev–Trinajstić information content (AvgIpc) is 3.23. The van der Waals surface area contributed by atoms with Gasteiger partial charge in [0.25, 0.3) is 5.91 Å². The first-order valence-corrected chi connectivity index (χ1v) is 8.58. The van der Waals surface area contributed by atoms with E-state index in [0.717, 1.165) is 36.8 Å². The summed E-state index contributed by atoms with van der Waals surface area (Å²) in [6.07, 6.45) is 7.02. The van der Waals surface area contributed by atoms with Crippen molar-refractivity contribution < 1.29 is 4.79 Å². The van der Waals surface area contributed by atoms with E-state index in [1.54, 1.807) is 6.20 Å². The Kier molecular flexibility index (Phi) is 3.84. The van der Waals surface area contributed by atoms with Crippen molar-refractivity contribution in [2.75, 3.05) is 6.54 Å². The summed E-state index contributed by atoms with van der Waals surface area (Å²) in [5.74, 6) is 0.0979. The maximum atomic E-state index is 13.1. The Bertz CT molecular complexity index is 850. The smallest absolute Gasteiger partial charge is 0.270 e. The predicted octanol–water partition coefficient (Wildman–Crippen LogP) is 3.37. The molecule has 1 N–H and O–H groups in total. The van der Waals surface area contributed by atoms with E-state index in [2.05, 4.69) is 35.2 Å². The summed E-state index contributed by atoms with van der Waals surface area (Å²) in [5.41, 5.74) is 2.90. The molecule has 4 rings (SSSR count).